The highest BCUT2D eigenvalue weighted by Gasteiger charge is 2.34. The maximum Gasteiger partial charge on any atom is 0.315 e. The molecule has 0 spiro atoms. The first kappa shape index (κ1) is 30.1. The summed E-state index contributed by atoms with van der Waals surface area (Å²) < 4.78 is 0. The molecule has 0 unspecified atom stereocenters. The van der Waals surface area contributed by atoms with Crippen molar-refractivity contribution in [3.63, 3.8) is 0 Å². The lowest BCUT2D eigenvalue weighted by atomic mass is 9.98. The van der Waals surface area contributed by atoms with Crippen molar-refractivity contribution in [3.8, 4) is 11.1 Å². The molecule has 0 fully saturated rings. The van der Waals surface area contributed by atoms with Gasteiger partial charge in [-0.15, -0.1) is 11.8 Å². The van der Waals surface area contributed by atoms with E-state index in [1.54, 1.807) is 30.5 Å². The fourth-order valence-electron chi connectivity index (χ4n) is 4.85. The van der Waals surface area contributed by atoms with Gasteiger partial charge >= 0.3 is 6.03 Å². The number of carbonyl (C=O) groups is 3. The molecule has 0 saturated heterocycles. The minimum Gasteiger partial charge on any atom is -0.343 e. The third-order valence-corrected chi connectivity index (χ3v) is 7.86. The molecular formula is C32H39N5O3S. The average Bonchev–Trinajstić information content (AvgIpc) is 3.08. The largest absolute Gasteiger partial charge is 0.343 e. The number of nitrogens with two attached hydrogens (primary N) is 1. The maximum absolute atomic E-state index is 13.9. The number of hydrogen-bond acceptors (Lipinski definition) is 5. The number of nitrogens with zero attached hydrogens (tertiary/aromatic N) is 1. The number of hydrogen-bond donors (Lipinski definition) is 4. The van der Waals surface area contributed by atoms with Crippen LogP contribution in [0.4, 0.5) is 10.5 Å². The predicted octanol–water partition coefficient (Wildman–Crippen LogP) is 4.60. The molecule has 3 aromatic carbocycles. The maximum atomic E-state index is 13.9. The number of urea groups is 1. The van der Waals surface area contributed by atoms with Crippen LogP contribution in [0.25, 0.3) is 11.1 Å². The zero-order valence-electron chi connectivity index (χ0n) is 24.1. The van der Waals surface area contributed by atoms with E-state index in [1.807, 2.05) is 73.8 Å². The van der Waals surface area contributed by atoms with Gasteiger partial charge < -0.3 is 26.6 Å². The molecule has 216 valence electrons. The van der Waals surface area contributed by atoms with Gasteiger partial charge in [-0.05, 0) is 85.9 Å². The standard InChI is InChI=1S/C32H39N5O3S/c1-5-34-31(40)35-19-24-8-6-7-9-26(24)22-12-10-21(11-13-22)20-37-28-17-15-25(41-4)18-23(28)14-16-27(29(37)38)36-30(39)32(2,3)33/h6-13,15,17-18,27H,5,14,16,19-20,33H2,1-4H3,(H,36,39)(H2,34,35,40)/t27-/m1/s1. The van der Waals surface area contributed by atoms with Crippen LogP contribution in [0.1, 0.15) is 43.9 Å². The van der Waals surface area contributed by atoms with E-state index in [0.717, 1.165) is 38.4 Å². The highest BCUT2D eigenvalue weighted by atomic mass is 32.2. The Kier molecular flexibility index (Phi) is 9.73. The van der Waals surface area contributed by atoms with E-state index in [0.29, 0.717) is 32.5 Å². The van der Waals surface area contributed by atoms with Gasteiger partial charge in [-0.3, -0.25) is 9.59 Å². The Morgan fingerprint density at radius 3 is 2.46 bits per heavy atom. The van der Waals surface area contributed by atoms with Crippen LogP contribution in [0.15, 0.2) is 71.6 Å². The van der Waals surface area contributed by atoms with Crippen molar-refractivity contribution in [1.29, 1.82) is 0 Å². The topological polar surface area (TPSA) is 117 Å². The minimum absolute atomic E-state index is 0.149. The van der Waals surface area contributed by atoms with E-state index >= 15 is 0 Å². The van der Waals surface area contributed by atoms with Crippen LogP contribution < -0.4 is 26.6 Å². The number of aryl methyl sites for hydroxylation is 1. The highest BCUT2D eigenvalue weighted by molar-refractivity contribution is 7.98. The number of anilines is 1. The molecule has 9 heteroatoms. The summed E-state index contributed by atoms with van der Waals surface area (Å²) in [6.07, 6.45) is 3.20. The number of amides is 4. The number of nitrogens with one attached hydrogen (secondary N) is 3. The molecular weight excluding hydrogens is 534 g/mol. The first-order valence-electron chi connectivity index (χ1n) is 13.9. The fraction of sp³-hybridized carbons (Fsp3) is 0.344. The fourth-order valence-corrected chi connectivity index (χ4v) is 5.31. The summed E-state index contributed by atoms with van der Waals surface area (Å²) >= 11 is 1.66. The monoisotopic (exact) mass is 573 g/mol. The van der Waals surface area contributed by atoms with E-state index < -0.39 is 11.6 Å². The number of rotatable bonds is 9. The van der Waals surface area contributed by atoms with Crippen molar-refractivity contribution < 1.29 is 14.4 Å². The van der Waals surface area contributed by atoms with Gasteiger partial charge in [0.15, 0.2) is 0 Å². The van der Waals surface area contributed by atoms with Crippen molar-refractivity contribution in [2.75, 3.05) is 17.7 Å². The summed E-state index contributed by atoms with van der Waals surface area (Å²) in [6.45, 7) is 6.49. The lowest BCUT2D eigenvalue weighted by Crippen LogP contribution is -2.56. The second kappa shape index (κ2) is 13.2. The lowest BCUT2D eigenvalue weighted by molar-refractivity contribution is -0.130. The van der Waals surface area contributed by atoms with Gasteiger partial charge in [0.05, 0.1) is 12.1 Å². The molecule has 1 atom stereocenters. The summed E-state index contributed by atoms with van der Waals surface area (Å²) in [4.78, 5) is 41.4. The molecule has 1 aliphatic rings. The Morgan fingerprint density at radius 2 is 1.78 bits per heavy atom. The molecule has 41 heavy (non-hydrogen) atoms. The SMILES string of the molecule is CCNC(=O)NCc1ccccc1-c1ccc(CN2C(=O)[C@H](NC(=O)C(C)(C)N)CCc3cc(SC)ccc32)cc1. The Labute approximate surface area is 246 Å². The third kappa shape index (κ3) is 7.48. The predicted molar refractivity (Wildman–Crippen MR) is 166 cm³/mol. The van der Waals surface area contributed by atoms with Crippen LogP contribution >= 0.6 is 11.8 Å². The molecule has 0 bridgehead atoms. The molecule has 1 aliphatic heterocycles. The normalized spacial score (nSPS) is 15.1. The molecule has 5 N–H and O–H groups in total. The van der Waals surface area contributed by atoms with Crippen molar-refractivity contribution in [2.24, 2.45) is 5.73 Å². The summed E-state index contributed by atoms with van der Waals surface area (Å²) in [5, 5.41) is 8.55. The number of fused-ring (bicyclic) bond motifs is 1. The molecule has 8 nitrogen and oxygen atoms in total. The van der Waals surface area contributed by atoms with E-state index in [-0.39, 0.29) is 17.8 Å². The van der Waals surface area contributed by atoms with Crippen LogP contribution in [0.3, 0.4) is 0 Å². The third-order valence-electron chi connectivity index (χ3n) is 7.13. The smallest absolute Gasteiger partial charge is 0.315 e. The van der Waals surface area contributed by atoms with E-state index in [9.17, 15) is 14.4 Å². The number of thioether (sulfide) groups is 1. The molecule has 4 rings (SSSR count). The van der Waals surface area contributed by atoms with Crippen molar-refractivity contribution in [3.05, 3.63) is 83.4 Å². The van der Waals surface area contributed by atoms with E-state index in [4.69, 9.17) is 5.73 Å². The van der Waals surface area contributed by atoms with Gasteiger partial charge in [0.2, 0.25) is 11.8 Å². The van der Waals surface area contributed by atoms with Crippen molar-refractivity contribution >= 4 is 35.3 Å². The number of benzene rings is 3. The number of carbonyl (C=O) groups excluding carboxylic acids is 3. The Balaban J connectivity index is 1.59. The molecule has 0 aliphatic carbocycles. The molecule has 0 aromatic heterocycles. The lowest BCUT2D eigenvalue weighted by Gasteiger charge is -2.28. The molecule has 4 amide bonds. The quantitative estimate of drug-likeness (QED) is 0.279. The minimum atomic E-state index is -1.09. The van der Waals surface area contributed by atoms with Gasteiger partial charge in [0.1, 0.15) is 6.04 Å². The first-order chi connectivity index (χ1) is 19.6. The van der Waals surface area contributed by atoms with Gasteiger partial charge in [-0.25, -0.2) is 4.79 Å². The first-order valence-corrected chi connectivity index (χ1v) is 15.1. The van der Waals surface area contributed by atoms with Gasteiger partial charge in [0.25, 0.3) is 0 Å². The summed E-state index contributed by atoms with van der Waals surface area (Å²) in [5.41, 5.74) is 10.9. The molecule has 0 saturated carbocycles. The zero-order valence-corrected chi connectivity index (χ0v) is 24.9. The van der Waals surface area contributed by atoms with Gasteiger partial charge in [-0.1, -0.05) is 48.5 Å². The highest BCUT2D eigenvalue weighted by Crippen LogP contribution is 2.32. The second-order valence-corrected chi connectivity index (χ2v) is 11.7. The van der Waals surface area contributed by atoms with Gasteiger partial charge in [-0.2, -0.15) is 0 Å². The Morgan fingerprint density at radius 1 is 1.05 bits per heavy atom. The molecule has 1 heterocycles. The summed E-state index contributed by atoms with van der Waals surface area (Å²) in [7, 11) is 0. The average molecular weight is 574 g/mol. The van der Waals surface area contributed by atoms with E-state index in [1.165, 1.54) is 0 Å². The van der Waals surface area contributed by atoms with Crippen molar-refractivity contribution in [1.82, 2.24) is 16.0 Å². The zero-order chi connectivity index (χ0) is 29.6. The van der Waals surface area contributed by atoms with E-state index in [2.05, 4.69) is 22.0 Å². The Bertz CT molecular complexity index is 1400. The summed E-state index contributed by atoms with van der Waals surface area (Å²) in [5.74, 6) is -0.500. The van der Waals surface area contributed by atoms with Crippen LogP contribution in [-0.2, 0) is 29.1 Å². The van der Waals surface area contributed by atoms with Crippen LogP contribution in [0, 0.1) is 0 Å². The summed E-state index contributed by atoms with van der Waals surface area (Å²) in [6, 6.07) is 21.4. The Hall–Kier alpha value is -3.82. The second-order valence-electron chi connectivity index (χ2n) is 10.8. The molecule has 0 radical (unpaired) electrons. The molecule has 3 aromatic rings. The van der Waals surface area contributed by atoms with Crippen LogP contribution in [0.5, 0.6) is 0 Å². The van der Waals surface area contributed by atoms with Crippen molar-refractivity contribution in [2.45, 2.75) is 63.2 Å². The van der Waals surface area contributed by atoms with Crippen LogP contribution in [0.2, 0.25) is 0 Å². The van der Waals surface area contributed by atoms with Crippen LogP contribution in [-0.4, -0.2) is 42.2 Å². The van der Waals surface area contributed by atoms with Gasteiger partial charge in [0, 0.05) is 23.7 Å².